The van der Waals surface area contributed by atoms with Gasteiger partial charge in [-0.15, -0.1) is 0 Å². The van der Waals surface area contributed by atoms with Gasteiger partial charge in [0.25, 0.3) is 0 Å². The Balaban J connectivity index is 2.36. The Labute approximate surface area is 125 Å². The summed E-state index contributed by atoms with van der Waals surface area (Å²) >= 11 is 5.53. The van der Waals surface area contributed by atoms with E-state index in [2.05, 4.69) is 49.5 Å². The summed E-state index contributed by atoms with van der Waals surface area (Å²) in [5.41, 5.74) is 2.67. The molecule has 3 heteroatoms. The van der Waals surface area contributed by atoms with Gasteiger partial charge in [-0.2, -0.15) is 0 Å². The predicted octanol–water partition coefficient (Wildman–Crippen LogP) is 4.47. The Bertz CT molecular complexity index is 593. The van der Waals surface area contributed by atoms with Crippen molar-refractivity contribution in [2.24, 2.45) is 0 Å². The molecule has 0 aliphatic rings. The van der Waals surface area contributed by atoms with Crippen molar-refractivity contribution in [1.82, 2.24) is 5.32 Å². The summed E-state index contributed by atoms with van der Waals surface area (Å²) in [6, 6.07) is 12.9. The monoisotopic (exact) mass is 289 g/mol. The van der Waals surface area contributed by atoms with Crippen LogP contribution in [0.4, 0.5) is 0 Å². The fourth-order valence-electron chi connectivity index (χ4n) is 2.11. The normalized spacial score (nSPS) is 11.6. The fraction of sp³-hybridized carbons (Fsp3) is 0.294. The molecule has 0 heterocycles. The van der Waals surface area contributed by atoms with Gasteiger partial charge >= 0.3 is 0 Å². The molecule has 2 rings (SSSR count). The summed E-state index contributed by atoms with van der Waals surface area (Å²) < 4.78 is 5.81. The van der Waals surface area contributed by atoms with Crippen LogP contribution in [0, 0.1) is 0 Å². The molecule has 0 aliphatic carbocycles. The summed E-state index contributed by atoms with van der Waals surface area (Å²) in [7, 11) is 0. The molecule has 0 saturated heterocycles. The van der Waals surface area contributed by atoms with E-state index >= 15 is 0 Å². The minimum absolute atomic E-state index is 0.435. The van der Waals surface area contributed by atoms with Crippen LogP contribution in [0.15, 0.2) is 48.0 Å². The molecule has 1 N–H and O–H groups in total. The summed E-state index contributed by atoms with van der Waals surface area (Å²) in [6.07, 6.45) is 1.79. The third kappa shape index (κ3) is 3.75. The molecule has 0 radical (unpaired) electrons. The van der Waals surface area contributed by atoms with Crippen molar-refractivity contribution in [3.63, 3.8) is 0 Å². The molecule has 2 nitrogen and oxygen atoms in total. The highest BCUT2D eigenvalue weighted by atomic mass is 35.5. The minimum Gasteiger partial charge on any atom is -0.489 e. The van der Waals surface area contributed by atoms with Gasteiger partial charge in [0.2, 0.25) is 0 Å². The van der Waals surface area contributed by atoms with E-state index in [0.29, 0.717) is 12.6 Å². The zero-order chi connectivity index (χ0) is 14.4. The van der Waals surface area contributed by atoms with Gasteiger partial charge in [0.05, 0.1) is 0 Å². The van der Waals surface area contributed by atoms with Crippen LogP contribution in [-0.4, -0.2) is 12.6 Å². The Kier molecular flexibility index (Phi) is 5.45. The molecule has 0 spiro atoms. The van der Waals surface area contributed by atoms with E-state index in [9.17, 15) is 0 Å². The zero-order valence-corrected chi connectivity index (χ0v) is 12.7. The summed E-state index contributed by atoms with van der Waals surface area (Å²) in [5.74, 6) is 0.909. The van der Waals surface area contributed by atoms with Crippen molar-refractivity contribution < 1.29 is 4.74 Å². The first-order valence-electron chi connectivity index (χ1n) is 6.84. The number of benzene rings is 2. The first-order chi connectivity index (χ1) is 9.72. The summed E-state index contributed by atoms with van der Waals surface area (Å²) in [4.78, 5) is 0. The van der Waals surface area contributed by atoms with Gasteiger partial charge in [0, 0.05) is 23.7 Å². The number of nitrogens with one attached hydrogen (secondary N) is 1. The molecule has 2 aromatic carbocycles. The largest absolute Gasteiger partial charge is 0.489 e. The van der Waals surface area contributed by atoms with Crippen LogP contribution in [-0.2, 0) is 6.54 Å². The Morgan fingerprint density at radius 1 is 1.20 bits per heavy atom. The predicted molar refractivity (Wildman–Crippen MR) is 86.4 cm³/mol. The maximum absolute atomic E-state index is 5.81. The molecule has 0 atom stereocenters. The van der Waals surface area contributed by atoms with Gasteiger partial charge in [-0.1, -0.05) is 55.8 Å². The number of hydrogen-bond acceptors (Lipinski definition) is 2. The lowest BCUT2D eigenvalue weighted by Gasteiger charge is -2.15. The number of fused-ring (bicyclic) bond motifs is 1. The molecular weight excluding hydrogens is 270 g/mol. The Morgan fingerprint density at radius 2 is 2.00 bits per heavy atom. The second kappa shape index (κ2) is 7.32. The summed E-state index contributed by atoms with van der Waals surface area (Å²) in [6.45, 7) is 5.55. The lowest BCUT2D eigenvalue weighted by molar-refractivity contribution is 0.358. The van der Waals surface area contributed by atoms with Gasteiger partial charge in [-0.25, -0.2) is 0 Å². The van der Waals surface area contributed by atoms with E-state index < -0.39 is 0 Å². The maximum atomic E-state index is 5.81. The van der Waals surface area contributed by atoms with Gasteiger partial charge in [-0.3, -0.25) is 0 Å². The number of rotatable bonds is 6. The number of hydrogen-bond donors (Lipinski definition) is 1. The third-order valence-electron chi connectivity index (χ3n) is 3.11. The van der Waals surface area contributed by atoms with E-state index in [4.69, 9.17) is 16.3 Å². The SMILES string of the molecule is CC(C)NCc1c(OC/C=C/Cl)ccc2ccccc12. The van der Waals surface area contributed by atoms with Crippen molar-refractivity contribution in [3.8, 4) is 5.75 Å². The second-order valence-corrected chi connectivity index (χ2v) is 5.22. The van der Waals surface area contributed by atoms with E-state index in [1.54, 1.807) is 6.08 Å². The molecule has 0 aliphatic heterocycles. The molecule has 106 valence electrons. The number of ether oxygens (including phenoxy) is 1. The topological polar surface area (TPSA) is 21.3 Å². The number of halogens is 1. The average Bonchev–Trinajstić information content (AvgIpc) is 2.45. The van der Waals surface area contributed by atoms with Gasteiger partial charge in [-0.05, 0) is 22.9 Å². The molecule has 20 heavy (non-hydrogen) atoms. The highest BCUT2D eigenvalue weighted by molar-refractivity contribution is 6.25. The molecule has 0 amide bonds. The van der Waals surface area contributed by atoms with E-state index in [1.807, 2.05) is 6.07 Å². The average molecular weight is 290 g/mol. The minimum atomic E-state index is 0.435. The first kappa shape index (κ1) is 14.9. The van der Waals surface area contributed by atoms with Crippen LogP contribution in [0.2, 0.25) is 0 Å². The molecule has 0 bridgehead atoms. The fourth-order valence-corrected chi connectivity index (χ4v) is 2.19. The van der Waals surface area contributed by atoms with Crippen molar-refractivity contribution in [2.45, 2.75) is 26.4 Å². The first-order valence-corrected chi connectivity index (χ1v) is 7.28. The van der Waals surface area contributed by atoms with Gasteiger partial charge in [0.1, 0.15) is 12.4 Å². The molecule has 0 aromatic heterocycles. The van der Waals surface area contributed by atoms with Gasteiger partial charge < -0.3 is 10.1 Å². The molecular formula is C17H20ClNO. The van der Waals surface area contributed by atoms with Gasteiger partial charge in [0.15, 0.2) is 0 Å². The highest BCUT2D eigenvalue weighted by Gasteiger charge is 2.09. The summed E-state index contributed by atoms with van der Waals surface area (Å²) in [5, 5.41) is 5.92. The van der Waals surface area contributed by atoms with Crippen LogP contribution in [0.5, 0.6) is 5.75 Å². The Hall–Kier alpha value is -1.51. The van der Waals surface area contributed by atoms with Crippen LogP contribution < -0.4 is 10.1 Å². The van der Waals surface area contributed by atoms with Crippen LogP contribution in [0.3, 0.4) is 0 Å². The van der Waals surface area contributed by atoms with Crippen LogP contribution >= 0.6 is 11.6 Å². The zero-order valence-electron chi connectivity index (χ0n) is 11.9. The van der Waals surface area contributed by atoms with Crippen molar-refractivity contribution in [1.29, 1.82) is 0 Å². The smallest absolute Gasteiger partial charge is 0.124 e. The quantitative estimate of drug-likeness (QED) is 0.847. The van der Waals surface area contributed by atoms with Crippen molar-refractivity contribution in [3.05, 3.63) is 53.6 Å². The van der Waals surface area contributed by atoms with E-state index in [-0.39, 0.29) is 0 Å². The lowest BCUT2D eigenvalue weighted by Crippen LogP contribution is -2.22. The standard InChI is InChI=1S/C17H20ClNO/c1-13(2)19-12-16-15-7-4-3-6-14(15)8-9-17(16)20-11-5-10-18/h3-10,13,19H,11-12H2,1-2H3/b10-5+. The highest BCUT2D eigenvalue weighted by Crippen LogP contribution is 2.28. The van der Waals surface area contributed by atoms with Crippen molar-refractivity contribution >= 4 is 22.4 Å². The van der Waals surface area contributed by atoms with E-state index in [0.717, 1.165) is 12.3 Å². The second-order valence-electron chi connectivity index (χ2n) is 4.97. The van der Waals surface area contributed by atoms with Crippen LogP contribution in [0.1, 0.15) is 19.4 Å². The molecule has 0 fully saturated rings. The molecule has 2 aromatic rings. The van der Waals surface area contributed by atoms with Crippen molar-refractivity contribution in [2.75, 3.05) is 6.61 Å². The van der Waals surface area contributed by atoms with E-state index in [1.165, 1.54) is 21.9 Å². The third-order valence-corrected chi connectivity index (χ3v) is 3.29. The van der Waals surface area contributed by atoms with Crippen LogP contribution in [0.25, 0.3) is 10.8 Å². The lowest BCUT2D eigenvalue weighted by atomic mass is 10.0. The molecule has 0 unspecified atom stereocenters. The molecule has 0 saturated carbocycles. The Morgan fingerprint density at radius 3 is 2.75 bits per heavy atom. The maximum Gasteiger partial charge on any atom is 0.124 e.